The zero-order chi connectivity index (χ0) is 10.6. The maximum Gasteiger partial charge on any atom is 0.220 e. The Balaban J connectivity index is 2.42. The number of nitrogens with one attached hydrogen (secondary N) is 1. The van der Waals surface area contributed by atoms with Gasteiger partial charge in [-0.2, -0.15) is 0 Å². The van der Waals surface area contributed by atoms with Gasteiger partial charge in [0.25, 0.3) is 0 Å². The van der Waals surface area contributed by atoms with E-state index < -0.39 is 0 Å². The molecule has 1 aliphatic rings. The van der Waals surface area contributed by atoms with Gasteiger partial charge >= 0.3 is 0 Å². The monoisotopic (exact) mass is 197 g/mol. The molecule has 1 rings (SSSR count). The zero-order valence-electron chi connectivity index (χ0n) is 9.73. The van der Waals surface area contributed by atoms with E-state index in [9.17, 15) is 4.79 Å². The zero-order valence-corrected chi connectivity index (χ0v) is 9.73. The van der Waals surface area contributed by atoms with Crippen molar-refractivity contribution in [1.29, 1.82) is 0 Å². The van der Waals surface area contributed by atoms with E-state index in [1.807, 2.05) is 0 Å². The second kappa shape index (κ2) is 4.81. The molecule has 2 atom stereocenters. The van der Waals surface area contributed by atoms with Crippen molar-refractivity contribution in [2.24, 2.45) is 5.92 Å². The topological polar surface area (TPSA) is 29.1 Å². The Morgan fingerprint density at radius 3 is 2.64 bits per heavy atom. The maximum atomic E-state index is 11.2. The smallest absolute Gasteiger partial charge is 0.220 e. The van der Waals surface area contributed by atoms with Gasteiger partial charge in [-0.15, -0.1) is 0 Å². The third-order valence-corrected chi connectivity index (χ3v) is 3.72. The quantitative estimate of drug-likeness (QED) is 0.721. The largest absolute Gasteiger partial charge is 0.351 e. The van der Waals surface area contributed by atoms with E-state index in [2.05, 4.69) is 26.1 Å². The predicted octanol–water partition coefficient (Wildman–Crippen LogP) is 2.87. The molecule has 2 nitrogen and oxygen atoms in total. The summed E-state index contributed by atoms with van der Waals surface area (Å²) in [5.74, 6) is 1.03. The van der Waals surface area contributed by atoms with Gasteiger partial charge in [-0.05, 0) is 31.6 Å². The standard InChI is InChI=1S/C12H23NO/c1-4-10(3)6-8-12(5-2)9-7-11(14)13-12/h10H,4-9H2,1-3H3,(H,13,14). The first kappa shape index (κ1) is 11.5. The second-order valence-electron chi connectivity index (χ2n) is 4.73. The number of carbonyl (C=O) groups excluding carboxylic acids is 1. The minimum absolute atomic E-state index is 0.139. The van der Waals surface area contributed by atoms with E-state index in [4.69, 9.17) is 0 Å². The number of amides is 1. The Labute approximate surface area is 87.5 Å². The van der Waals surface area contributed by atoms with Crippen LogP contribution in [0, 0.1) is 5.92 Å². The molecule has 82 valence electrons. The molecule has 1 aliphatic heterocycles. The first-order valence-electron chi connectivity index (χ1n) is 5.93. The molecule has 1 N–H and O–H groups in total. The number of hydrogen-bond acceptors (Lipinski definition) is 1. The Kier molecular flexibility index (Phi) is 3.97. The first-order valence-corrected chi connectivity index (χ1v) is 5.93. The molecule has 2 unspecified atom stereocenters. The summed E-state index contributed by atoms with van der Waals surface area (Å²) in [7, 11) is 0. The minimum Gasteiger partial charge on any atom is -0.351 e. The molecular formula is C12H23NO. The van der Waals surface area contributed by atoms with E-state index in [-0.39, 0.29) is 11.4 Å². The molecule has 0 aromatic carbocycles. The molecule has 0 bridgehead atoms. The van der Waals surface area contributed by atoms with Crippen molar-refractivity contribution in [3.8, 4) is 0 Å². The van der Waals surface area contributed by atoms with Gasteiger partial charge in [-0.25, -0.2) is 0 Å². The summed E-state index contributed by atoms with van der Waals surface area (Å²) in [4.78, 5) is 11.2. The van der Waals surface area contributed by atoms with E-state index in [1.165, 1.54) is 12.8 Å². The van der Waals surface area contributed by atoms with Gasteiger partial charge < -0.3 is 5.32 Å². The van der Waals surface area contributed by atoms with Crippen molar-refractivity contribution in [2.45, 2.75) is 64.8 Å². The highest BCUT2D eigenvalue weighted by Crippen LogP contribution is 2.30. The average Bonchev–Trinajstić information content (AvgIpc) is 2.57. The van der Waals surface area contributed by atoms with Crippen LogP contribution in [0.4, 0.5) is 0 Å². The van der Waals surface area contributed by atoms with Crippen LogP contribution in [0.25, 0.3) is 0 Å². The van der Waals surface area contributed by atoms with Gasteiger partial charge in [-0.3, -0.25) is 4.79 Å². The predicted molar refractivity (Wildman–Crippen MR) is 59.1 cm³/mol. The Hall–Kier alpha value is -0.530. The molecule has 14 heavy (non-hydrogen) atoms. The summed E-state index contributed by atoms with van der Waals surface area (Å²) < 4.78 is 0. The molecular weight excluding hydrogens is 174 g/mol. The Morgan fingerprint density at radius 2 is 2.21 bits per heavy atom. The molecule has 0 aliphatic carbocycles. The van der Waals surface area contributed by atoms with Crippen LogP contribution in [0.3, 0.4) is 0 Å². The minimum atomic E-state index is 0.139. The highest BCUT2D eigenvalue weighted by Gasteiger charge is 2.35. The normalized spacial score (nSPS) is 28.9. The fourth-order valence-electron chi connectivity index (χ4n) is 2.13. The summed E-state index contributed by atoms with van der Waals surface area (Å²) in [6, 6.07) is 0. The van der Waals surface area contributed by atoms with Crippen LogP contribution in [0.15, 0.2) is 0 Å². The molecule has 1 fully saturated rings. The van der Waals surface area contributed by atoms with Crippen LogP contribution in [-0.4, -0.2) is 11.4 Å². The lowest BCUT2D eigenvalue weighted by molar-refractivity contribution is -0.119. The average molecular weight is 197 g/mol. The van der Waals surface area contributed by atoms with E-state index in [1.54, 1.807) is 0 Å². The number of hydrogen-bond donors (Lipinski definition) is 1. The lowest BCUT2D eigenvalue weighted by Gasteiger charge is -2.28. The van der Waals surface area contributed by atoms with Crippen molar-refractivity contribution in [2.75, 3.05) is 0 Å². The molecule has 0 saturated carbocycles. The lowest BCUT2D eigenvalue weighted by Crippen LogP contribution is -2.41. The highest BCUT2D eigenvalue weighted by atomic mass is 16.2. The van der Waals surface area contributed by atoms with Crippen LogP contribution in [-0.2, 0) is 4.79 Å². The van der Waals surface area contributed by atoms with E-state index in [0.29, 0.717) is 0 Å². The van der Waals surface area contributed by atoms with Gasteiger partial charge in [0.1, 0.15) is 0 Å². The molecule has 0 radical (unpaired) electrons. The fourth-order valence-corrected chi connectivity index (χ4v) is 2.13. The SMILES string of the molecule is CCC(C)CCC1(CC)CCC(=O)N1. The third-order valence-electron chi connectivity index (χ3n) is 3.72. The maximum absolute atomic E-state index is 11.2. The van der Waals surface area contributed by atoms with Crippen molar-refractivity contribution < 1.29 is 4.79 Å². The van der Waals surface area contributed by atoms with Crippen LogP contribution in [0.1, 0.15) is 59.3 Å². The van der Waals surface area contributed by atoms with Gasteiger partial charge in [0, 0.05) is 12.0 Å². The molecule has 1 amide bonds. The molecule has 0 spiro atoms. The van der Waals surface area contributed by atoms with Gasteiger partial charge in [0.15, 0.2) is 0 Å². The van der Waals surface area contributed by atoms with E-state index in [0.717, 1.165) is 31.6 Å². The molecule has 0 aromatic rings. The summed E-state index contributed by atoms with van der Waals surface area (Å²) in [5.41, 5.74) is 0.139. The molecule has 1 saturated heterocycles. The van der Waals surface area contributed by atoms with Crippen LogP contribution >= 0.6 is 0 Å². The summed E-state index contributed by atoms with van der Waals surface area (Å²) in [5, 5.41) is 3.16. The lowest BCUT2D eigenvalue weighted by atomic mass is 9.85. The van der Waals surface area contributed by atoms with Gasteiger partial charge in [0.2, 0.25) is 5.91 Å². The van der Waals surface area contributed by atoms with Crippen LogP contribution in [0.5, 0.6) is 0 Å². The van der Waals surface area contributed by atoms with Gasteiger partial charge in [0.05, 0.1) is 0 Å². The Bertz CT molecular complexity index is 202. The van der Waals surface area contributed by atoms with Crippen LogP contribution < -0.4 is 5.32 Å². The van der Waals surface area contributed by atoms with Crippen molar-refractivity contribution >= 4 is 5.91 Å². The molecule has 0 aromatic heterocycles. The molecule has 1 heterocycles. The second-order valence-corrected chi connectivity index (χ2v) is 4.73. The summed E-state index contributed by atoms with van der Waals surface area (Å²) in [6.45, 7) is 6.71. The van der Waals surface area contributed by atoms with Gasteiger partial charge in [-0.1, -0.05) is 27.2 Å². The van der Waals surface area contributed by atoms with Crippen molar-refractivity contribution in [3.05, 3.63) is 0 Å². The van der Waals surface area contributed by atoms with E-state index >= 15 is 0 Å². The Morgan fingerprint density at radius 1 is 1.50 bits per heavy atom. The number of rotatable bonds is 5. The fraction of sp³-hybridized carbons (Fsp3) is 0.917. The van der Waals surface area contributed by atoms with Crippen LogP contribution in [0.2, 0.25) is 0 Å². The first-order chi connectivity index (χ1) is 6.62. The third kappa shape index (κ3) is 2.73. The van der Waals surface area contributed by atoms with Crippen molar-refractivity contribution in [1.82, 2.24) is 5.32 Å². The summed E-state index contributed by atoms with van der Waals surface area (Å²) in [6.07, 6.45) is 6.49. The number of carbonyl (C=O) groups is 1. The highest BCUT2D eigenvalue weighted by molar-refractivity contribution is 5.79. The molecule has 2 heteroatoms. The van der Waals surface area contributed by atoms with Crippen molar-refractivity contribution in [3.63, 3.8) is 0 Å². The summed E-state index contributed by atoms with van der Waals surface area (Å²) >= 11 is 0.